The lowest BCUT2D eigenvalue weighted by molar-refractivity contribution is -0.361. The molecule has 0 radical (unpaired) electrons. The number of fused-ring (bicyclic) bond motifs is 2. The molecule has 0 aromatic heterocycles. The zero-order valence-corrected chi connectivity index (χ0v) is 16.1. The molecule has 2 aromatic rings. The first-order valence-corrected chi connectivity index (χ1v) is 9.40. The number of aliphatic hydroxyl groups excluding tert-OH is 1. The summed E-state index contributed by atoms with van der Waals surface area (Å²) in [5.41, 5.74) is 0. The van der Waals surface area contributed by atoms with Gasteiger partial charge in [-0.05, 0) is 36.8 Å². The number of rotatable bonds is 3. The molecule has 1 amide bonds. The minimum absolute atomic E-state index is 0.263. The fourth-order valence-electron chi connectivity index (χ4n) is 3.71. The largest absolute Gasteiger partial charge is 0.463 e. The summed E-state index contributed by atoms with van der Waals surface area (Å²) in [6.07, 6.45) is -3.01. The molecule has 0 unspecified atom stereocenters. The quantitative estimate of drug-likeness (QED) is 0.837. The molecule has 4 rings (SSSR count). The molecule has 7 heteroatoms. The molecule has 28 heavy (non-hydrogen) atoms. The number of carbonyl (C=O) groups excluding carboxylic acids is 1. The molecule has 2 heterocycles. The molecule has 0 saturated carbocycles. The highest BCUT2D eigenvalue weighted by atomic mass is 16.8. The summed E-state index contributed by atoms with van der Waals surface area (Å²) in [6, 6.07) is 12.9. The van der Waals surface area contributed by atoms with Gasteiger partial charge in [0.05, 0.1) is 6.61 Å². The first kappa shape index (κ1) is 19.1. The van der Waals surface area contributed by atoms with Crippen LogP contribution in [0.15, 0.2) is 42.5 Å². The van der Waals surface area contributed by atoms with Gasteiger partial charge >= 0.3 is 0 Å². The molecular formula is C21H25NO6. The second-order valence-electron chi connectivity index (χ2n) is 7.68. The van der Waals surface area contributed by atoms with Crippen molar-refractivity contribution >= 4 is 16.7 Å². The molecule has 150 valence electrons. The Morgan fingerprint density at radius 1 is 1.21 bits per heavy atom. The fraction of sp³-hybridized carbons (Fsp3) is 0.476. The van der Waals surface area contributed by atoms with E-state index in [4.69, 9.17) is 18.9 Å². The van der Waals surface area contributed by atoms with E-state index < -0.39 is 36.4 Å². The lowest BCUT2D eigenvalue weighted by Gasteiger charge is -2.49. The topological polar surface area (TPSA) is 86.3 Å². The third kappa shape index (κ3) is 3.84. The van der Waals surface area contributed by atoms with Crippen LogP contribution < -0.4 is 10.1 Å². The Morgan fingerprint density at radius 3 is 2.71 bits per heavy atom. The first-order valence-electron chi connectivity index (χ1n) is 9.40. The summed E-state index contributed by atoms with van der Waals surface area (Å²) in [6.45, 7) is 5.21. The van der Waals surface area contributed by atoms with Crippen molar-refractivity contribution in [3.8, 4) is 5.75 Å². The van der Waals surface area contributed by atoms with Crippen LogP contribution in [0, 0.1) is 0 Å². The molecule has 7 nitrogen and oxygen atoms in total. The number of ether oxygens (including phenoxy) is 4. The Labute approximate surface area is 163 Å². The standard InChI is InChI=1S/C21H25NO6/c1-12(23)22-17-18(24)19-16(11-25-21(2,3)28-19)27-20(17)26-15-9-8-13-6-4-5-7-14(13)10-15/h4-10,16-20,24H,11H2,1-3H3,(H,22,23)/t16-,17-,18-,19-,20-/m1/s1. The molecule has 2 fully saturated rings. The first-order chi connectivity index (χ1) is 13.3. The van der Waals surface area contributed by atoms with Crippen LogP contribution in [0.2, 0.25) is 0 Å². The van der Waals surface area contributed by atoms with Gasteiger partial charge in [0.1, 0.15) is 30.1 Å². The van der Waals surface area contributed by atoms with E-state index in [1.54, 1.807) is 13.8 Å². The number of hydrogen-bond acceptors (Lipinski definition) is 6. The SMILES string of the molecule is CC(=O)N[C@H]1[C@H](Oc2ccc3ccccc3c2)O[C@@H]2COC(C)(C)O[C@H]2[C@@H]1O. The van der Waals surface area contributed by atoms with Crippen LogP contribution in [0.1, 0.15) is 20.8 Å². The molecule has 0 aliphatic carbocycles. The Balaban J connectivity index is 1.59. The Hall–Kier alpha value is -2.19. The van der Waals surface area contributed by atoms with Crippen LogP contribution >= 0.6 is 0 Å². The summed E-state index contributed by atoms with van der Waals surface area (Å²) in [7, 11) is 0. The van der Waals surface area contributed by atoms with Crippen LogP contribution in [0.5, 0.6) is 5.75 Å². The van der Waals surface area contributed by atoms with Crippen LogP contribution in [0.3, 0.4) is 0 Å². The van der Waals surface area contributed by atoms with Crippen molar-refractivity contribution < 1.29 is 28.8 Å². The van der Waals surface area contributed by atoms with Gasteiger partial charge in [0.2, 0.25) is 12.2 Å². The molecular weight excluding hydrogens is 362 g/mol. The molecule has 5 atom stereocenters. The van der Waals surface area contributed by atoms with Crippen molar-refractivity contribution in [2.75, 3.05) is 6.61 Å². The smallest absolute Gasteiger partial charge is 0.223 e. The van der Waals surface area contributed by atoms with E-state index in [2.05, 4.69) is 5.32 Å². The summed E-state index contributed by atoms with van der Waals surface area (Å²) < 4.78 is 23.6. The highest BCUT2D eigenvalue weighted by Crippen LogP contribution is 2.33. The number of carbonyl (C=O) groups is 1. The fourth-order valence-corrected chi connectivity index (χ4v) is 3.71. The normalized spacial score (nSPS) is 31.8. The van der Waals surface area contributed by atoms with E-state index in [0.717, 1.165) is 10.8 Å². The zero-order chi connectivity index (χ0) is 19.9. The summed E-state index contributed by atoms with van der Waals surface area (Å²) in [5, 5.41) is 15.8. The van der Waals surface area contributed by atoms with Crippen molar-refractivity contribution in [2.24, 2.45) is 0 Å². The molecule has 2 N–H and O–H groups in total. The number of hydrogen-bond donors (Lipinski definition) is 2. The van der Waals surface area contributed by atoms with Crippen LogP contribution in [0.4, 0.5) is 0 Å². The van der Waals surface area contributed by atoms with Gasteiger partial charge in [-0.25, -0.2) is 0 Å². The maximum absolute atomic E-state index is 11.7. The van der Waals surface area contributed by atoms with Crippen molar-refractivity contribution in [1.82, 2.24) is 5.32 Å². The zero-order valence-electron chi connectivity index (χ0n) is 16.1. The second kappa shape index (κ2) is 7.33. The van der Waals surface area contributed by atoms with Gasteiger partial charge in [-0.3, -0.25) is 4.79 Å². The summed E-state index contributed by atoms with van der Waals surface area (Å²) in [4.78, 5) is 11.7. The average molecular weight is 387 g/mol. The monoisotopic (exact) mass is 387 g/mol. The van der Waals surface area contributed by atoms with Gasteiger partial charge in [-0.2, -0.15) is 0 Å². The van der Waals surface area contributed by atoms with Crippen molar-refractivity contribution in [3.63, 3.8) is 0 Å². The average Bonchev–Trinajstić information content (AvgIpc) is 2.65. The number of nitrogens with one attached hydrogen (secondary N) is 1. The van der Waals surface area contributed by atoms with Crippen molar-refractivity contribution in [1.29, 1.82) is 0 Å². The summed E-state index contributed by atoms with van der Waals surface area (Å²) in [5.74, 6) is -0.537. The minimum atomic E-state index is -1.00. The molecule has 0 bridgehead atoms. The van der Waals surface area contributed by atoms with Crippen LogP contribution in [0.25, 0.3) is 10.8 Å². The van der Waals surface area contributed by atoms with Gasteiger partial charge in [0.25, 0.3) is 0 Å². The minimum Gasteiger partial charge on any atom is -0.463 e. The van der Waals surface area contributed by atoms with E-state index in [1.165, 1.54) is 6.92 Å². The molecule has 2 aliphatic heterocycles. The van der Waals surface area contributed by atoms with Crippen LogP contribution in [-0.4, -0.2) is 54.1 Å². The van der Waals surface area contributed by atoms with Crippen molar-refractivity contribution in [2.45, 2.75) is 57.2 Å². The Morgan fingerprint density at radius 2 is 1.96 bits per heavy atom. The summed E-state index contributed by atoms with van der Waals surface area (Å²) >= 11 is 0. The molecule has 2 saturated heterocycles. The predicted molar refractivity (Wildman–Crippen MR) is 102 cm³/mol. The lowest BCUT2D eigenvalue weighted by Crippen LogP contribution is -2.69. The highest BCUT2D eigenvalue weighted by Gasteiger charge is 2.52. The van der Waals surface area contributed by atoms with E-state index in [0.29, 0.717) is 5.75 Å². The predicted octanol–water partition coefficient (Wildman–Crippen LogP) is 1.96. The maximum Gasteiger partial charge on any atom is 0.223 e. The van der Waals surface area contributed by atoms with Gasteiger partial charge in [-0.1, -0.05) is 30.3 Å². The van der Waals surface area contributed by atoms with Gasteiger partial charge in [-0.15, -0.1) is 0 Å². The van der Waals surface area contributed by atoms with Gasteiger partial charge < -0.3 is 29.4 Å². The van der Waals surface area contributed by atoms with E-state index >= 15 is 0 Å². The Bertz CT molecular complexity index is 869. The third-order valence-corrected chi connectivity index (χ3v) is 5.03. The van der Waals surface area contributed by atoms with E-state index in [1.807, 2.05) is 42.5 Å². The Kier molecular flexibility index (Phi) is 5.01. The van der Waals surface area contributed by atoms with Crippen LogP contribution in [-0.2, 0) is 19.0 Å². The lowest BCUT2D eigenvalue weighted by atomic mass is 9.95. The number of amides is 1. The molecule has 2 aromatic carbocycles. The highest BCUT2D eigenvalue weighted by molar-refractivity contribution is 5.83. The third-order valence-electron chi connectivity index (χ3n) is 5.03. The number of benzene rings is 2. The van der Waals surface area contributed by atoms with E-state index in [-0.39, 0.29) is 12.5 Å². The van der Waals surface area contributed by atoms with Crippen molar-refractivity contribution in [3.05, 3.63) is 42.5 Å². The number of aliphatic hydroxyl groups is 1. The van der Waals surface area contributed by atoms with E-state index in [9.17, 15) is 9.90 Å². The van der Waals surface area contributed by atoms with Gasteiger partial charge in [0.15, 0.2) is 5.79 Å². The molecule has 0 spiro atoms. The second-order valence-corrected chi connectivity index (χ2v) is 7.68. The maximum atomic E-state index is 11.7. The molecule has 2 aliphatic rings. The van der Waals surface area contributed by atoms with Gasteiger partial charge in [0, 0.05) is 6.92 Å².